The first-order valence-electron chi connectivity index (χ1n) is 9.90. The number of halogens is 4. The molecule has 180 valence electrons. The standard InChI is InChI=1S/C22H25F4N3O4/c1-13-16(23)9-15(21(31)29-12-22(24,25)26)10-17(13)28-11-20(30)27-7-6-14-4-5-18(32-2)19(8-14)33-3/h4-5,8-10,28H,6-7,11-12H2,1-3H3,(H,27,30)(H,29,31). The fourth-order valence-corrected chi connectivity index (χ4v) is 2.90. The number of ether oxygens (including phenoxy) is 2. The van der Waals surface area contributed by atoms with Crippen molar-refractivity contribution < 1.29 is 36.6 Å². The van der Waals surface area contributed by atoms with E-state index >= 15 is 0 Å². The monoisotopic (exact) mass is 471 g/mol. The number of hydrogen-bond acceptors (Lipinski definition) is 5. The van der Waals surface area contributed by atoms with Crippen molar-refractivity contribution in [2.75, 3.05) is 39.2 Å². The van der Waals surface area contributed by atoms with Gasteiger partial charge in [0.15, 0.2) is 11.5 Å². The minimum absolute atomic E-state index is 0.125. The summed E-state index contributed by atoms with van der Waals surface area (Å²) in [6, 6.07) is 7.43. The van der Waals surface area contributed by atoms with E-state index < -0.39 is 24.4 Å². The number of amides is 2. The Hall–Kier alpha value is -3.50. The molecule has 0 saturated heterocycles. The van der Waals surface area contributed by atoms with Gasteiger partial charge in [0.05, 0.1) is 20.8 Å². The molecule has 0 aliphatic rings. The van der Waals surface area contributed by atoms with Gasteiger partial charge in [0.25, 0.3) is 5.91 Å². The second-order valence-electron chi connectivity index (χ2n) is 7.07. The first-order chi connectivity index (χ1) is 15.5. The van der Waals surface area contributed by atoms with Crippen LogP contribution in [0, 0.1) is 12.7 Å². The molecule has 0 unspecified atom stereocenters. The lowest BCUT2D eigenvalue weighted by atomic mass is 10.1. The lowest BCUT2D eigenvalue weighted by molar-refractivity contribution is -0.123. The lowest BCUT2D eigenvalue weighted by Crippen LogP contribution is -2.34. The van der Waals surface area contributed by atoms with Crippen LogP contribution in [0.3, 0.4) is 0 Å². The Morgan fingerprint density at radius 2 is 1.70 bits per heavy atom. The fourth-order valence-electron chi connectivity index (χ4n) is 2.90. The van der Waals surface area contributed by atoms with Crippen LogP contribution < -0.4 is 25.4 Å². The summed E-state index contributed by atoms with van der Waals surface area (Å²) in [5.74, 6) is -1.09. The molecule has 2 aromatic carbocycles. The van der Waals surface area contributed by atoms with Crippen molar-refractivity contribution in [3.05, 3.63) is 52.8 Å². The van der Waals surface area contributed by atoms with Gasteiger partial charge in [-0.25, -0.2) is 4.39 Å². The number of hydrogen-bond donors (Lipinski definition) is 3. The second-order valence-corrected chi connectivity index (χ2v) is 7.07. The van der Waals surface area contributed by atoms with Crippen molar-refractivity contribution in [2.24, 2.45) is 0 Å². The third-order valence-corrected chi connectivity index (χ3v) is 4.68. The number of methoxy groups -OCH3 is 2. The molecule has 0 saturated carbocycles. The first-order valence-corrected chi connectivity index (χ1v) is 9.90. The van der Waals surface area contributed by atoms with E-state index in [0.717, 1.165) is 11.6 Å². The predicted octanol–water partition coefficient (Wildman–Crippen LogP) is 3.21. The van der Waals surface area contributed by atoms with E-state index in [-0.39, 0.29) is 29.3 Å². The van der Waals surface area contributed by atoms with Crippen LogP contribution in [0.5, 0.6) is 11.5 Å². The molecule has 7 nitrogen and oxygen atoms in total. The Morgan fingerprint density at radius 3 is 2.33 bits per heavy atom. The number of nitrogens with one attached hydrogen (secondary N) is 3. The van der Waals surface area contributed by atoms with Crippen LogP contribution in [0.2, 0.25) is 0 Å². The van der Waals surface area contributed by atoms with Gasteiger partial charge in [-0.2, -0.15) is 13.2 Å². The molecule has 0 aliphatic carbocycles. The van der Waals surface area contributed by atoms with E-state index in [1.807, 2.05) is 6.07 Å². The Labute approximate surface area is 188 Å². The molecule has 0 atom stereocenters. The molecule has 0 aromatic heterocycles. The molecular formula is C22H25F4N3O4. The molecular weight excluding hydrogens is 446 g/mol. The summed E-state index contributed by atoms with van der Waals surface area (Å²) in [4.78, 5) is 24.0. The summed E-state index contributed by atoms with van der Waals surface area (Å²) in [6.45, 7) is -0.0142. The number of carbonyl (C=O) groups excluding carboxylic acids is 2. The van der Waals surface area contributed by atoms with Gasteiger partial charge < -0.3 is 25.4 Å². The number of benzene rings is 2. The second kappa shape index (κ2) is 11.4. The van der Waals surface area contributed by atoms with Gasteiger partial charge in [0.1, 0.15) is 12.4 Å². The maximum absolute atomic E-state index is 14.1. The maximum Gasteiger partial charge on any atom is 0.405 e. The van der Waals surface area contributed by atoms with Crippen molar-refractivity contribution >= 4 is 17.5 Å². The summed E-state index contributed by atoms with van der Waals surface area (Å²) >= 11 is 0. The van der Waals surface area contributed by atoms with E-state index in [1.165, 1.54) is 27.2 Å². The van der Waals surface area contributed by atoms with E-state index in [0.29, 0.717) is 24.5 Å². The molecule has 2 aromatic rings. The third kappa shape index (κ3) is 7.85. The molecule has 0 heterocycles. The summed E-state index contributed by atoms with van der Waals surface area (Å²) in [5, 5.41) is 7.10. The normalized spacial score (nSPS) is 11.0. The highest BCUT2D eigenvalue weighted by Crippen LogP contribution is 2.27. The van der Waals surface area contributed by atoms with Crippen LogP contribution in [0.25, 0.3) is 0 Å². The van der Waals surface area contributed by atoms with E-state index in [1.54, 1.807) is 17.4 Å². The van der Waals surface area contributed by atoms with Gasteiger partial charge in [0, 0.05) is 23.4 Å². The highest BCUT2D eigenvalue weighted by atomic mass is 19.4. The molecule has 2 amide bonds. The average molecular weight is 471 g/mol. The maximum atomic E-state index is 14.1. The highest BCUT2D eigenvalue weighted by molar-refractivity contribution is 5.95. The molecule has 0 fully saturated rings. The quantitative estimate of drug-likeness (QED) is 0.463. The zero-order valence-electron chi connectivity index (χ0n) is 18.4. The number of carbonyl (C=O) groups is 2. The summed E-state index contributed by atoms with van der Waals surface area (Å²) < 4.78 is 61.4. The smallest absolute Gasteiger partial charge is 0.405 e. The van der Waals surface area contributed by atoms with E-state index in [9.17, 15) is 27.2 Å². The van der Waals surface area contributed by atoms with Gasteiger partial charge in [0.2, 0.25) is 5.91 Å². The molecule has 11 heteroatoms. The topological polar surface area (TPSA) is 88.7 Å². The van der Waals surface area contributed by atoms with Crippen LogP contribution in [0.15, 0.2) is 30.3 Å². The van der Waals surface area contributed by atoms with Gasteiger partial charge in [-0.15, -0.1) is 0 Å². The molecule has 0 bridgehead atoms. The molecule has 0 spiro atoms. The Morgan fingerprint density at radius 1 is 1.00 bits per heavy atom. The van der Waals surface area contributed by atoms with Crippen LogP contribution in [-0.2, 0) is 11.2 Å². The Kier molecular flexibility index (Phi) is 8.89. The number of alkyl halides is 3. The van der Waals surface area contributed by atoms with Crippen LogP contribution in [0.1, 0.15) is 21.5 Å². The SMILES string of the molecule is COc1ccc(CCNC(=O)CNc2cc(C(=O)NCC(F)(F)F)cc(F)c2C)cc1OC. The molecule has 0 radical (unpaired) electrons. The molecule has 3 N–H and O–H groups in total. The number of rotatable bonds is 10. The van der Waals surface area contributed by atoms with Gasteiger partial charge in [-0.05, 0) is 43.2 Å². The third-order valence-electron chi connectivity index (χ3n) is 4.68. The largest absolute Gasteiger partial charge is 0.493 e. The minimum Gasteiger partial charge on any atom is -0.493 e. The lowest BCUT2D eigenvalue weighted by Gasteiger charge is -2.14. The zero-order valence-corrected chi connectivity index (χ0v) is 18.4. The van der Waals surface area contributed by atoms with E-state index in [4.69, 9.17) is 9.47 Å². The molecule has 0 aliphatic heterocycles. The fraction of sp³-hybridized carbons (Fsp3) is 0.364. The average Bonchev–Trinajstić information content (AvgIpc) is 2.77. The molecule has 2 rings (SSSR count). The first kappa shape index (κ1) is 25.8. The summed E-state index contributed by atoms with van der Waals surface area (Å²) in [7, 11) is 3.05. The zero-order chi connectivity index (χ0) is 24.6. The van der Waals surface area contributed by atoms with Crippen molar-refractivity contribution in [2.45, 2.75) is 19.5 Å². The van der Waals surface area contributed by atoms with Crippen LogP contribution >= 0.6 is 0 Å². The predicted molar refractivity (Wildman–Crippen MR) is 114 cm³/mol. The van der Waals surface area contributed by atoms with Crippen molar-refractivity contribution in [1.82, 2.24) is 10.6 Å². The Bertz CT molecular complexity index is 996. The summed E-state index contributed by atoms with van der Waals surface area (Å²) in [6.07, 6.45) is -4.07. The van der Waals surface area contributed by atoms with Crippen molar-refractivity contribution in [1.29, 1.82) is 0 Å². The van der Waals surface area contributed by atoms with Crippen LogP contribution in [0.4, 0.5) is 23.2 Å². The van der Waals surface area contributed by atoms with Gasteiger partial charge in [-0.1, -0.05) is 6.07 Å². The van der Waals surface area contributed by atoms with Crippen molar-refractivity contribution in [3.8, 4) is 11.5 Å². The van der Waals surface area contributed by atoms with Crippen molar-refractivity contribution in [3.63, 3.8) is 0 Å². The minimum atomic E-state index is -4.59. The number of anilines is 1. The van der Waals surface area contributed by atoms with Gasteiger partial charge in [-0.3, -0.25) is 9.59 Å². The summed E-state index contributed by atoms with van der Waals surface area (Å²) in [5.41, 5.74) is 0.873. The Balaban J connectivity index is 1.91. The highest BCUT2D eigenvalue weighted by Gasteiger charge is 2.28. The van der Waals surface area contributed by atoms with Gasteiger partial charge >= 0.3 is 6.18 Å². The van der Waals surface area contributed by atoms with E-state index in [2.05, 4.69) is 10.6 Å². The molecule has 33 heavy (non-hydrogen) atoms. The van der Waals surface area contributed by atoms with Crippen LogP contribution in [-0.4, -0.2) is 51.8 Å².